The van der Waals surface area contributed by atoms with E-state index in [1.807, 2.05) is 42.5 Å². The first-order valence-corrected chi connectivity index (χ1v) is 7.03. The molecule has 3 N–H and O–H groups in total. The van der Waals surface area contributed by atoms with E-state index in [-0.39, 0.29) is 6.61 Å². The first-order chi connectivity index (χ1) is 10.7. The van der Waals surface area contributed by atoms with Gasteiger partial charge in [-0.15, -0.1) is 0 Å². The summed E-state index contributed by atoms with van der Waals surface area (Å²) in [6.45, 7) is 0.0514. The van der Waals surface area contributed by atoms with Gasteiger partial charge in [0, 0.05) is 23.9 Å². The molecule has 2 aromatic rings. The molecule has 2 aromatic carbocycles. The van der Waals surface area contributed by atoms with Crippen LogP contribution < -0.4 is 14.8 Å². The van der Waals surface area contributed by atoms with Crippen molar-refractivity contribution >= 4 is 5.69 Å². The summed E-state index contributed by atoms with van der Waals surface area (Å²) in [6.07, 6.45) is -0.763. The van der Waals surface area contributed by atoms with Gasteiger partial charge in [-0.3, -0.25) is 0 Å². The number of ether oxygens (including phenoxy) is 2. The molecular formula is C17H21NO4. The minimum atomic E-state index is -0.763. The largest absolute Gasteiger partial charge is 0.497 e. The standard InChI is InChI=1S/C17H21NO4/c1-21-15-7-8-16(17(9-15)22-2)12-3-5-13(6-4-12)18-10-14(20)11-19/h3-9,14,18-20H,10-11H2,1-2H3. The third kappa shape index (κ3) is 3.90. The fraction of sp³-hybridized carbons (Fsp3) is 0.294. The Morgan fingerprint density at radius 2 is 1.77 bits per heavy atom. The van der Waals surface area contributed by atoms with Crippen molar-refractivity contribution < 1.29 is 19.7 Å². The monoisotopic (exact) mass is 303 g/mol. The van der Waals surface area contributed by atoms with Gasteiger partial charge in [0.15, 0.2) is 0 Å². The van der Waals surface area contributed by atoms with Crippen LogP contribution in [0.2, 0.25) is 0 Å². The first-order valence-electron chi connectivity index (χ1n) is 7.03. The maximum absolute atomic E-state index is 9.33. The molecule has 2 rings (SSSR count). The molecule has 0 aliphatic heterocycles. The van der Waals surface area contributed by atoms with Gasteiger partial charge in [-0.25, -0.2) is 0 Å². The average molecular weight is 303 g/mol. The van der Waals surface area contributed by atoms with E-state index >= 15 is 0 Å². The smallest absolute Gasteiger partial charge is 0.130 e. The Morgan fingerprint density at radius 3 is 2.36 bits per heavy atom. The molecule has 0 aliphatic carbocycles. The maximum atomic E-state index is 9.33. The zero-order valence-corrected chi connectivity index (χ0v) is 12.7. The predicted octanol–water partition coefficient (Wildman–Crippen LogP) is 2.14. The zero-order valence-electron chi connectivity index (χ0n) is 12.7. The van der Waals surface area contributed by atoms with Crippen LogP contribution in [0.1, 0.15) is 0 Å². The van der Waals surface area contributed by atoms with E-state index in [0.717, 1.165) is 28.3 Å². The van der Waals surface area contributed by atoms with Crippen molar-refractivity contribution in [2.45, 2.75) is 6.10 Å². The molecule has 0 aromatic heterocycles. The van der Waals surface area contributed by atoms with E-state index in [2.05, 4.69) is 5.32 Å². The molecule has 118 valence electrons. The lowest BCUT2D eigenvalue weighted by Crippen LogP contribution is -2.22. The Kier molecular flexibility index (Phi) is 5.63. The van der Waals surface area contributed by atoms with Gasteiger partial charge in [-0.2, -0.15) is 0 Å². The molecule has 1 unspecified atom stereocenters. The fourth-order valence-corrected chi connectivity index (χ4v) is 2.10. The van der Waals surface area contributed by atoms with Crippen molar-refractivity contribution in [3.63, 3.8) is 0 Å². The van der Waals surface area contributed by atoms with Gasteiger partial charge in [-0.1, -0.05) is 12.1 Å². The van der Waals surface area contributed by atoms with Gasteiger partial charge in [0.1, 0.15) is 11.5 Å². The van der Waals surface area contributed by atoms with Crippen LogP contribution in [-0.4, -0.2) is 43.7 Å². The van der Waals surface area contributed by atoms with Crippen LogP contribution >= 0.6 is 0 Å². The first kappa shape index (κ1) is 16.1. The molecule has 0 heterocycles. The summed E-state index contributed by atoms with van der Waals surface area (Å²) >= 11 is 0. The normalized spacial score (nSPS) is 11.8. The van der Waals surface area contributed by atoms with Crippen molar-refractivity contribution in [3.05, 3.63) is 42.5 Å². The number of hydrogen-bond donors (Lipinski definition) is 3. The van der Waals surface area contributed by atoms with Gasteiger partial charge in [0.25, 0.3) is 0 Å². The summed E-state index contributed by atoms with van der Waals surface area (Å²) in [5.41, 5.74) is 2.88. The summed E-state index contributed by atoms with van der Waals surface area (Å²) in [4.78, 5) is 0. The van der Waals surface area contributed by atoms with Crippen molar-refractivity contribution in [3.8, 4) is 22.6 Å². The molecule has 0 fully saturated rings. The second-order valence-electron chi connectivity index (χ2n) is 4.86. The molecule has 0 aliphatic rings. The molecule has 0 amide bonds. The Morgan fingerprint density at radius 1 is 1.05 bits per heavy atom. The highest BCUT2D eigenvalue weighted by Gasteiger charge is 2.08. The molecule has 5 heteroatoms. The number of rotatable bonds is 7. The van der Waals surface area contributed by atoms with E-state index in [9.17, 15) is 5.11 Å². The molecule has 5 nitrogen and oxygen atoms in total. The number of methoxy groups -OCH3 is 2. The topological polar surface area (TPSA) is 71.0 Å². The summed E-state index contributed by atoms with van der Waals surface area (Å²) in [5.74, 6) is 1.49. The summed E-state index contributed by atoms with van der Waals surface area (Å²) in [7, 11) is 3.25. The van der Waals surface area contributed by atoms with Crippen molar-refractivity contribution in [1.82, 2.24) is 0 Å². The molecule has 0 saturated carbocycles. The van der Waals surface area contributed by atoms with E-state index < -0.39 is 6.10 Å². The lowest BCUT2D eigenvalue weighted by atomic mass is 10.0. The Labute approximate surface area is 130 Å². The molecule has 1 atom stereocenters. The quantitative estimate of drug-likeness (QED) is 0.731. The van der Waals surface area contributed by atoms with E-state index in [4.69, 9.17) is 14.6 Å². The molecule has 0 bridgehead atoms. The van der Waals surface area contributed by atoms with Crippen LogP contribution in [0.5, 0.6) is 11.5 Å². The number of nitrogens with one attached hydrogen (secondary N) is 1. The van der Waals surface area contributed by atoms with Crippen molar-refractivity contribution in [1.29, 1.82) is 0 Å². The third-order valence-corrected chi connectivity index (χ3v) is 3.36. The lowest BCUT2D eigenvalue weighted by molar-refractivity contribution is 0.105. The highest BCUT2D eigenvalue weighted by Crippen LogP contribution is 2.33. The number of benzene rings is 2. The fourth-order valence-electron chi connectivity index (χ4n) is 2.10. The average Bonchev–Trinajstić information content (AvgIpc) is 2.59. The SMILES string of the molecule is COc1ccc(-c2ccc(NCC(O)CO)cc2)c(OC)c1. The van der Waals surface area contributed by atoms with E-state index in [1.54, 1.807) is 14.2 Å². The number of anilines is 1. The predicted molar refractivity (Wildman–Crippen MR) is 86.6 cm³/mol. The molecule has 0 spiro atoms. The van der Waals surface area contributed by atoms with Crippen LogP contribution in [0.15, 0.2) is 42.5 Å². The maximum Gasteiger partial charge on any atom is 0.130 e. The second kappa shape index (κ2) is 7.68. The molecule has 0 radical (unpaired) electrons. The molecular weight excluding hydrogens is 282 g/mol. The molecule has 0 saturated heterocycles. The highest BCUT2D eigenvalue weighted by atomic mass is 16.5. The second-order valence-corrected chi connectivity index (χ2v) is 4.86. The van der Waals surface area contributed by atoms with Gasteiger partial charge in [-0.05, 0) is 29.8 Å². The third-order valence-electron chi connectivity index (χ3n) is 3.36. The van der Waals surface area contributed by atoms with Gasteiger partial charge >= 0.3 is 0 Å². The van der Waals surface area contributed by atoms with Gasteiger partial charge in [0.05, 0.1) is 26.9 Å². The minimum Gasteiger partial charge on any atom is -0.497 e. The minimum absolute atomic E-state index is 0.256. The van der Waals surface area contributed by atoms with Gasteiger partial charge in [0.2, 0.25) is 0 Å². The van der Waals surface area contributed by atoms with Gasteiger partial charge < -0.3 is 25.0 Å². The number of aliphatic hydroxyl groups is 2. The Hall–Kier alpha value is -2.24. The number of hydrogen-bond acceptors (Lipinski definition) is 5. The summed E-state index contributed by atoms with van der Waals surface area (Å²) in [5, 5.41) is 21.2. The Balaban J connectivity index is 2.16. The van der Waals surface area contributed by atoms with Crippen LogP contribution in [-0.2, 0) is 0 Å². The van der Waals surface area contributed by atoms with Crippen LogP contribution in [0.3, 0.4) is 0 Å². The van der Waals surface area contributed by atoms with Crippen LogP contribution in [0.4, 0.5) is 5.69 Å². The van der Waals surface area contributed by atoms with Crippen LogP contribution in [0.25, 0.3) is 11.1 Å². The van der Waals surface area contributed by atoms with E-state index in [0.29, 0.717) is 6.54 Å². The summed E-state index contributed by atoms with van der Waals surface area (Å²) in [6, 6.07) is 13.5. The van der Waals surface area contributed by atoms with Crippen LogP contribution in [0, 0.1) is 0 Å². The molecule has 22 heavy (non-hydrogen) atoms. The summed E-state index contributed by atoms with van der Waals surface area (Å²) < 4.78 is 10.6. The lowest BCUT2D eigenvalue weighted by Gasteiger charge is -2.13. The zero-order chi connectivity index (χ0) is 15.9. The van der Waals surface area contributed by atoms with E-state index in [1.165, 1.54) is 0 Å². The van der Waals surface area contributed by atoms with Crippen molar-refractivity contribution in [2.24, 2.45) is 0 Å². The van der Waals surface area contributed by atoms with Crippen molar-refractivity contribution in [2.75, 3.05) is 32.7 Å². The Bertz CT molecular complexity index is 598. The number of aliphatic hydroxyl groups excluding tert-OH is 2. The highest BCUT2D eigenvalue weighted by molar-refractivity contribution is 5.73.